The van der Waals surface area contributed by atoms with Gasteiger partial charge in [0.1, 0.15) is 0 Å². The Morgan fingerprint density at radius 2 is 1.43 bits per heavy atom. The van der Waals surface area contributed by atoms with Crippen LogP contribution in [0.5, 0.6) is 0 Å². The third-order valence-electron chi connectivity index (χ3n) is 8.63. The maximum Gasteiger partial charge on any atom is 0.0159 e. The van der Waals surface area contributed by atoms with E-state index >= 15 is 0 Å². The van der Waals surface area contributed by atoms with Crippen LogP contribution in [0.25, 0.3) is 44.2 Å². The van der Waals surface area contributed by atoms with Crippen molar-refractivity contribution in [2.24, 2.45) is 0 Å². The van der Waals surface area contributed by atoms with Crippen LogP contribution in [-0.4, -0.2) is 0 Å². The molecule has 2 aliphatic rings. The summed E-state index contributed by atoms with van der Waals surface area (Å²) in [6.45, 7) is 7.15. The fourth-order valence-corrected chi connectivity index (χ4v) is 6.72. The number of hydrogen-bond acceptors (Lipinski definition) is 0. The van der Waals surface area contributed by atoms with Gasteiger partial charge in [0.2, 0.25) is 0 Å². The highest BCUT2D eigenvalue weighted by molar-refractivity contribution is 6.03. The van der Waals surface area contributed by atoms with E-state index in [-0.39, 0.29) is 5.41 Å². The van der Waals surface area contributed by atoms with Gasteiger partial charge in [0, 0.05) is 5.41 Å². The van der Waals surface area contributed by atoms with Crippen LogP contribution >= 0.6 is 0 Å². The lowest BCUT2D eigenvalue weighted by atomic mass is 9.80. The van der Waals surface area contributed by atoms with Crippen molar-refractivity contribution in [3.8, 4) is 33.4 Å². The molecule has 1 unspecified atom stereocenters. The van der Waals surface area contributed by atoms with Gasteiger partial charge in [0.15, 0.2) is 0 Å². The Morgan fingerprint density at radius 1 is 0.657 bits per heavy atom. The zero-order valence-corrected chi connectivity index (χ0v) is 20.7. The molecular weight excluding hydrogens is 420 g/mol. The van der Waals surface area contributed by atoms with E-state index in [2.05, 4.69) is 118 Å². The molecule has 0 nitrogen and oxygen atoms in total. The topological polar surface area (TPSA) is 0 Å². The second-order valence-electron chi connectivity index (χ2n) is 11.0. The highest BCUT2D eigenvalue weighted by atomic mass is 14.4. The first-order valence-corrected chi connectivity index (χ1v) is 12.9. The average Bonchev–Trinajstić information content (AvgIpc) is 3.02. The van der Waals surface area contributed by atoms with Gasteiger partial charge in [-0.1, -0.05) is 112 Å². The normalized spacial score (nSPS) is 17.3. The van der Waals surface area contributed by atoms with E-state index in [9.17, 15) is 0 Å². The van der Waals surface area contributed by atoms with Crippen LogP contribution in [0.15, 0.2) is 97.1 Å². The van der Waals surface area contributed by atoms with Crippen LogP contribution < -0.4 is 0 Å². The van der Waals surface area contributed by atoms with Crippen molar-refractivity contribution < 1.29 is 0 Å². The number of fused-ring (bicyclic) bond motifs is 8. The molecule has 0 aliphatic heterocycles. The molecule has 5 aromatic carbocycles. The van der Waals surface area contributed by atoms with Crippen molar-refractivity contribution in [3.05, 3.63) is 119 Å². The molecule has 7 rings (SSSR count). The van der Waals surface area contributed by atoms with Crippen molar-refractivity contribution in [3.63, 3.8) is 0 Å². The van der Waals surface area contributed by atoms with Gasteiger partial charge in [0.05, 0.1) is 0 Å². The second-order valence-corrected chi connectivity index (χ2v) is 11.0. The summed E-state index contributed by atoms with van der Waals surface area (Å²) >= 11 is 0. The summed E-state index contributed by atoms with van der Waals surface area (Å²) in [7, 11) is 0. The minimum Gasteiger partial charge on any atom is -0.0619 e. The summed E-state index contributed by atoms with van der Waals surface area (Å²) in [4.78, 5) is 0. The van der Waals surface area contributed by atoms with E-state index in [4.69, 9.17) is 0 Å². The van der Waals surface area contributed by atoms with E-state index in [0.717, 1.165) is 6.42 Å². The van der Waals surface area contributed by atoms with E-state index in [0.29, 0.717) is 5.92 Å². The molecule has 1 atom stereocenters. The van der Waals surface area contributed by atoms with Crippen molar-refractivity contribution in [2.75, 3.05) is 0 Å². The van der Waals surface area contributed by atoms with Gasteiger partial charge in [-0.2, -0.15) is 0 Å². The molecule has 0 saturated carbocycles. The maximum absolute atomic E-state index is 2.48. The highest BCUT2D eigenvalue weighted by Crippen LogP contribution is 2.51. The van der Waals surface area contributed by atoms with Crippen LogP contribution in [0, 0.1) is 0 Å². The summed E-state index contributed by atoms with van der Waals surface area (Å²) in [6, 6.07) is 36.7. The molecule has 0 amide bonds. The molecular formula is C35H30. The quantitative estimate of drug-likeness (QED) is 0.238. The first-order valence-electron chi connectivity index (χ1n) is 12.9. The SMILES string of the molecule is CC1CCc2ccc3ccccc3c2-c2c(-c3ccc4c(c3)C(C)(C)c3ccccc3-4)cccc21. The van der Waals surface area contributed by atoms with Crippen LogP contribution in [0.3, 0.4) is 0 Å². The largest absolute Gasteiger partial charge is 0.0619 e. The van der Waals surface area contributed by atoms with Gasteiger partial charge < -0.3 is 0 Å². The summed E-state index contributed by atoms with van der Waals surface area (Å²) in [5, 5.41) is 2.70. The average molecular weight is 451 g/mol. The van der Waals surface area contributed by atoms with E-state index in [1.54, 1.807) is 0 Å². The van der Waals surface area contributed by atoms with E-state index in [1.165, 1.54) is 72.8 Å². The Bertz CT molecular complexity index is 1630. The maximum atomic E-state index is 2.48. The van der Waals surface area contributed by atoms with E-state index in [1.807, 2.05) is 0 Å². The molecule has 0 fully saturated rings. The molecule has 170 valence electrons. The Balaban J connectivity index is 1.52. The molecule has 0 bridgehead atoms. The Kier molecular flexibility index (Phi) is 4.39. The van der Waals surface area contributed by atoms with Crippen molar-refractivity contribution in [1.82, 2.24) is 0 Å². The summed E-state index contributed by atoms with van der Waals surface area (Å²) < 4.78 is 0. The Hall–Kier alpha value is -3.64. The van der Waals surface area contributed by atoms with Gasteiger partial charge in [0.25, 0.3) is 0 Å². The highest BCUT2D eigenvalue weighted by Gasteiger charge is 2.35. The molecule has 0 spiro atoms. The van der Waals surface area contributed by atoms with Gasteiger partial charge >= 0.3 is 0 Å². The van der Waals surface area contributed by atoms with Gasteiger partial charge in [-0.25, -0.2) is 0 Å². The molecule has 2 aliphatic carbocycles. The van der Waals surface area contributed by atoms with Crippen LogP contribution in [-0.2, 0) is 11.8 Å². The fraction of sp³-hybridized carbons (Fsp3) is 0.200. The second kappa shape index (κ2) is 7.43. The van der Waals surface area contributed by atoms with Gasteiger partial charge in [-0.15, -0.1) is 0 Å². The molecule has 0 aromatic heterocycles. The van der Waals surface area contributed by atoms with Gasteiger partial charge in [-0.3, -0.25) is 0 Å². The number of benzene rings is 5. The number of aryl methyl sites for hydroxylation is 1. The summed E-state index contributed by atoms with van der Waals surface area (Å²) in [6.07, 6.45) is 2.32. The van der Waals surface area contributed by atoms with Gasteiger partial charge in [-0.05, 0) is 91.2 Å². The smallest absolute Gasteiger partial charge is 0.0159 e. The summed E-state index contributed by atoms with van der Waals surface area (Å²) in [5.74, 6) is 0.534. The molecule has 0 heterocycles. The van der Waals surface area contributed by atoms with Crippen LogP contribution in [0.1, 0.15) is 55.4 Å². The first-order chi connectivity index (χ1) is 17.0. The number of rotatable bonds is 1. The minimum absolute atomic E-state index is 0.00552. The van der Waals surface area contributed by atoms with E-state index < -0.39 is 0 Å². The monoisotopic (exact) mass is 450 g/mol. The summed E-state index contributed by atoms with van der Waals surface area (Å²) in [5.41, 5.74) is 14.2. The number of hydrogen-bond donors (Lipinski definition) is 0. The molecule has 0 N–H and O–H groups in total. The predicted molar refractivity (Wildman–Crippen MR) is 149 cm³/mol. The lowest BCUT2D eigenvalue weighted by Crippen LogP contribution is -2.14. The first kappa shape index (κ1) is 20.7. The minimum atomic E-state index is 0.00552. The fourth-order valence-electron chi connectivity index (χ4n) is 6.72. The molecule has 0 saturated heterocycles. The van der Waals surface area contributed by atoms with Crippen LogP contribution in [0.4, 0.5) is 0 Å². The standard InChI is InChI=1S/C35H30/c1-22-15-16-24-18-17-23-9-4-5-10-27(23)33(24)34-26(22)12-8-13-28(34)25-19-20-30-29-11-6-7-14-31(29)35(2,3)32(30)21-25/h4-14,17-22H,15-16H2,1-3H3. The molecule has 5 aromatic rings. The lowest BCUT2D eigenvalue weighted by molar-refractivity contribution is 0.660. The van der Waals surface area contributed by atoms with Crippen molar-refractivity contribution in [2.45, 2.75) is 44.9 Å². The zero-order chi connectivity index (χ0) is 23.7. The molecule has 0 radical (unpaired) electrons. The zero-order valence-electron chi connectivity index (χ0n) is 20.7. The third kappa shape index (κ3) is 2.93. The van der Waals surface area contributed by atoms with Crippen molar-refractivity contribution in [1.29, 1.82) is 0 Å². The predicted octanol–water partition coefficient (Wildman–Crippen LogP) is 9.53. The Labute approximate surface area is 208 Å². The van der Waals surface area contributed by atoms with Crippen molar-refractivity contribution >= 4 is 10.8 Å². The molecule has 35 heavy (non-hydrogen) atoms. The third-order valence-corrected chi connectivity index (χ3v) is 8.63. The molecule has 0 heteroatoms. The Morgan fingerprint density at radius 3 is 2.34 bits per heavy atom. The van der Waals surface area contributed by atoms with Crippen LogP contribution in [0.2, 0.25) is 0 Å². The lowest BCUT2D eigenvalue weighted by Gasteiger charge is -2.23.